The number of ether oxygens (including phenoxy) is 4. The van der Waals surface area contributed by atoms with Gasteiger partial charge in [0.2, 0.25) is 22.6 Å². The second kappa shape index (κ2) is 36.8. The summed E-state index contributed by atoms with van der Waals surface area (Å²) in [6.07, 6.45) is 6.14. The van der Waals surface area contributed by atoms with Crippen LogP contribution in [-0.4, -0.2) is 133 Å². The highest BCUT2D eigenvalue weighted by molar-refractivity contribution is 5.81. The number of nitrogens with zero attached hydrogens (tertiary/aromatic N) is 5. The van der Waals surface area contributed by atoms with Crippen molar-refractivity contribution in [2.24, 2.45) is 16.1 Å². The second-order valence-corrected chi connectivity index (χ2v) is 11.6. The third-order valence-corrected chi connectivity index (χ3v) is 7.29. The van der Waals surface area contributed by atoms with Gasteiger partial charge in [0.1, 0.15) is 23.5 Å². The average molecular weight is 744 g/mol. The van der Waals surface area contributed by atoms with Crippen molar-refractivity contribution in [3.05, 3.63) is 10.4 Å². The van der Waals surface area contributed by atoms with Crippen LogP contribution in [0.5, 0.6) is 0 Å². The number of carbonyl (C=O) groups excluding carboxylic acids is 4. The molecule has 296 valence electrons. The zero-order chi connectivity index (χ0) is 38.3. The Kier molecular flexibility index (Phi) is 33.9. The lowest BCUT2D eigenvalue weighted by molar-refractivity contribution is -0.138. The van der Waals surface area contributed by atoms with Gasteiger partial charge >= 0.3 is 5.97 Å². The molecule has 0 fully saturated rings. The highest BCUT2D eigenvalue weighted by Crippen LogP contribution is 2.05. The molecule has 20 heteroatoms. The number of aldehydes is 1. The Hall–Kier alpha value is -4.03. The van der Waals surface area contributed by atoms with E-state index in [1.807, 2.05) is 0 Å². The lowest BCUT2D eigenvalue weighted by Gasteiger charge is -2.21. The summed E-state index contributed by atoms with van der Waals surface area (Å²) in [5, 5.41) is 27.3. The number of hydrogen-bond acceptors (Lipinski definition) is 13. The van der Waals surface area contributed by atoms with Gasteiger partial charge < -0.3 is 50.1 Å². The van der Waals surface area contributed by atoms with Crippen LogP contribution in [0.15, 0.2) is 10.2 Å². The van der Waals surface area contributed by atoms with Crippen LogP contribution in [0.25, 0.3) is 10.4 Å². The van der Waals surface area contributed by atoms with Gasteiger partial charge in [0.05, 0.1) is 65.3 Å². The normalized spacial score (nSPS) is 11.8. The van der Waals surface area contributed by atoms with Gasteiger partial charge in [-0.15, -0.1) is 0 Å². The minimum Gasteiger partial charge on any atom is -0.481 e. The Morgan fingerprint density at radius 2 is 1.27 bits per heavy atom. The molecular weight excluding hydrogens is 684 g/mol. The highest BCUT2D eigenvalue weighted by Gasteiger charge is 2.19. The number of hydrogen-bond donors (Lipinski definition) is 6. The summed E-state index contributed by atoms with van der Waals surface area (Å²) in [4.78, 5) is 64.9. The summed E-state index contributed by atoms with van der Waals surface area (Å²) in [5.41, 5.74) is 14.9. The number of azide groups is 1. The van der Waals surface area contributed by atoms with E-state index in [2.05, 4.69) is 41.3 Å². The fourth-order valence-electron chi connectivity index (χ4n) is 4.43. The van der Waals surface area contributed by atoms with E-state index in [9.17, 15) is 24.0 Å². The quantitative estimate of drug-likeness (QED) is 0.0173. The van der Waals surface area contributed by atoms with E-state index in [1.54, 1.807) is 0 Å². The third-order valence-electron chi connectivity index (χ3n) is 7.29. The molecule has 0 aliphatic heterocycles. The van der Waals surface area contributed by atoms with Crippen molar-refractivity contribution < 1.29 is 48.0 Å². The second-order valence-electron chi connectivity index (χ2n) is 11.6. The number of carbonyl (C=O) groups is 5. The molecule has 52 heavy (non-hydrogen) atoms. The van der Waals surface area contributed by atoms with Gasteiger partial charge in [-0.2, -0.15) is 0 Å². The zero-order valence-corrected chi connectivity index (χ0v) is 30.3. The van der Waals surface area contributed by atoms with Gasteiger partial charge in [-0.25, -0.2) is 0 Å². The van der Waals surface area contributed by atoms with Crippen LogP contribution in [0.3, 0.4) is 0 Å². The molecule has 20 nitrogen and oxygen atoms in total. The lowest BCUT2D eigenvalue weighted by Crippen LogP contribution is -2.47. The highest BCUT2D eigenvalue weighted by atomic mass is 16.6. The summed E-state index contributed by atoms with van der Waals surface area (Å²) < 4.78 is 21.4. The molecule has 0 bridgehead atoms. The molecule has 0 aromatic carbocycles. The van der Waals surface area contributed by atoms with Crippen LogP contribution in [0.1, 0.15) is 70.6 Å². The summed E-state index contributed by atoms with van der Waals surface area (Å²) in [6.45, 7) is 4.51. The number of aliphatic carboxylic acids is 1. The third kappa shape index (κ3) is 33.1. The SMILES string of the molecule is [N-]=[N+]=NCCCCC(=O)NCCC(C=O)CN[C@@H](CCCCNC(=O)CCCCN=[N+]=N)C(=O)NCCOCCOCCOCCOCCC(=O)O. The molecule has 0 radical (unpaired) electrons. The number of amides is 3. The largest absolute Gasteiger partial charge is 0.481 e. The van der Waals surface area contributed by atoms with Gasteiger partial charge in [0.15, 0.2) is 0 Å². The van der Waals surface area contributed by atoms with Crippen molar-refractivity contribution >= 4 is 30.0 Å². The molecule has 0 rings (SSSR count). The van der Waals surface area contributed by atoms with E-state index in [0.717, 1.165) is 6.29 Å². The topological polar surface area (TPSA) is 290 Å². The minimum atomic E-state index is -0.910. The van der Waals surface area contributed by atoms with Crippen molar-refractivity contribution in [2.75, 3.05) is 92.1 Å². The van der Waals surface area contributed by atoms with Gasteiger partial charge in [-0.1, -0.05) is 5.11 Å². The molecule has 0 heterocycles. The monoisotopic (exact) mass is 743 g/mol. The van der Waals surface area contributed by atoms with Crippen LogP contribution in [0.4, 0.5) is 0 Å². The molecule has 1 unspecified atom stereocenters. The Labute approximate surface area is 305 Å². The van der Waals surface area contributed by atoms with Crippen LogP contribution in [0, 0.1) is 11.4 Å². The average Bonchev–Trinajstić information content (AvgIpc) is 3.13. The summed E-state index contributed by atoms with van der Waals surface area (Å²) >= 11 is 0. The molecule has 0 aromatic rings. The molecular formula is C32H59N10O10+. The Morgan fingerprint density at radius 3 is 1.85 bits per heavy atom. The number of unbranched alkanes of at least 4 members (excludes halogenated alkanes) is 3. The smallest absolute Gasteiger partial charge is 0.305 e. The first-order valence-electron chi connectivity index (χ1n) is 17.9. The van der Waals surface area contributed by atoms with Crippen molar-refractivity contribution in [1.29, 1.82) is 5.53 Å². The van der Waals surface area contributed by atoms with Crippen LogP contribution in [0.2, 0.25) is 0 Å². The van der Waals surface area contributed by atoms with Gasteiger partial charge in [-0.05, 0) is 56.9 Å². The summed E-state index contributed by atoms with van der Waals surface area (Å²) in [5.74, 6) is -1.79. The first-order valence-corrected chi connectivity index (χ1v) is 17.9. The first-order chi connectivity index (χ1) is 25.3. The molecule has 0 aromatic heterocycles. The Morgan fingerprint density at radius 1 is 0.692 bits per heavy atom. The van der Waals surface area contributed by atoms with Crippen LogP contribution < -0.4 is 26.2 Å². The molecule has 0 saturated carbocycles. The molecule has 2 atom stereocenters. The van der Waals surface area contributed by atoms with E-state index < -0.39 is 17.9 Å². The number of rotatable bonds is 38. The van der Waals surface area contributed by atoms with E-state index in [-0.39, 0.29) is 50.4 Å². The maximum atomic E-state index is 13.1. The van der Waals surface area contributed by atoms with Crippen molar-refractivity contribution in [3.8, 4) is 0 Å². The predicted molar refractivity (Wildman–Crippen MR) is 188 cm³/mol. The molecule has 0 aliphatic rings. The van der Waals surface area contributed by atoms with Gasteiger partial charge in [0, 0.05) is 56.4 Å². The predicted octanol–water partition coefficient (Wildman–Crippen LogP) is 1.41. The maximum Gasteiger partial charge on any atom is 0.305 e. The van der Waals surface area contributed by atoms with Crippen LogP contribution >= 0.6 is 0 Å². The van der Waals surface area contributed by atoms with E-state index >= 15 is 0 Å². The van der Waals surface area contributed by atoms with Crippen molar-refractivity contribution in [2.45, 2.75) is 76.7 Å². The molecule has 6 N–H and O–H groups in total. The molecule has 0 saturated heterocycles. The van der Waals surface area contributed by atoms with Crippen molar-refractivity contribution in [1.82, 2.24) is 26.2 Å². The first kappa shape index (κ1) is 48.0. The zero-order valence-electron chi connectivity index (χ0n) is 30.3. The summed E-state index contributed by atoms with van der Waals surface area (Å²) in [6, 6.07) is -0.582. The number of carboxylic acid groups (broad SMARTS) is 1. The standard InChI is InChI=1S/C32H58N10O10/c33-41-39-13-5-2-8-29(44)35-12-4-1-7-28(38-25-27(26-43)10-15-36-30(45)9-3-6-14-40-42-34)32(48)37-16-18-50-20-22-52-24-23-51-21-19-49-17-11-31(46)47/h26-28,33,38H,1-25H2,(H3-,35,36,37,44,45,46,47,48)/p+1/t27?,28-/m0/s1. The maximum absolute atomic E-state index is 13.1. The fourth-order valence-corrected chi connectivity index (χ4v) is 4.43. The number of nitrogens with one attached hydrogen (secondary N) is 5. The van der Waals surface area contributed by atoms with Gasteiger partial charge in [0.25, 0.3) is 0 Å². The molecule has 3 amide bonds. The fraction of sp³-hybridized carbons (Fsp3) is 0.844. The van der Waals surface area contributed by atoms with E-state index in [0.29, 0.717) is 130 Å². The number of carboxylic acids is 1. The lowest BCUT2D eigenvalue weighted by atomic mass is 10.0. The Balaban J connectivity index is 4.48. The Bertz CT molecular complexity index is 1070. The molecule has 0 aliphatic carbocycles. The van der Waals surface area contributed by atoms with E-state index in [1.165, 1.54) is 0 Å². The summed E-state index contributed by atoms with van der Waals surface area (Å²) in [7, 11) is 0. The molecule has 0 spiro atoms. The van der Waals surface area contributed by atoms with Gasteiger partial charge in [-0.3, -0.25) is 19.2 Å². The minimum absolute atomic E-state index is 0.0465. The van der Waals surface area contributed by atoms with Crippen molar-refractivity contribution in [3.63, 3.8) is 0 Å². The van der Waals surface area contributed by atoms with E-state index in [4.69, 9.17) is 35.1 Å². The van der Waals surface area contributed by atoms with Crippen LogP contribution in [-0.2, 0) is 42.9 Å².